The van der Waals surface area contributed by atoms with E-state index in [2.05, 4.69) is 5.32 Å². The van der Waals surface area contributed by atoms with Crippen molar-refractivity contribution in [2.45, 2.75) is 64.3 Å². The Kier molecular flexibility index (Phi) is 5.65. The van der Waals surface area contributed by atoms with Crippen LogP contribution in [0.4, 0.5) is 0 Å². The van der Waals surface area contributed by atoms with Crippen molar-refractivity contribution in [2.24, 2.45) is 11.8 Å². The van der Waals surface area contributed by atoms with Gasteiger partial charge in [-0.15, -0.1) is 0 Å². The number of nitrogens with one attached hydrogen (secondary N) is 1. The molecule has 2 fully saturated rings. The molecule has 2 N–H and O–H groups in total. The average molecular weight is 324 g/mol. The Balaban J connectivity index is 2.01. The van der Waals surface area contributed by atoms with E-state index in [1.165, 1.54) is 0 Å². The van der Waals surface area contributed by atoms with E-state index in [1.807, 2.05) is 13.8 Å². The second-order valence-electron chi connectivity index (χ2n) is 7.22. The van der Waals surface area contributed by atoms with Crippen molar-refractivity contribution in [2.75, 3.05) is 13.1 Å². The zero-order chi connectivity index (χ0) is 17.0. The van der Waals surface area contributed by atoms with E-state index in [-0.39, 0.29) is 23.7 Å². The molecule has 1 saturated heterocycles. The maximum absolute atomic E-state index is 12.6. The highest BCUT2D eigenvalue weighted by molar-refractivity contribution is 5.89. The van der Waals surface area contributed by atoms with Gasteiger partial charge in [0.1, 0.15) is 5.54 Å². The molecule has 1 aliphatic heterocycles. The Bertz CT molecular complexity index is 469. The molecule has 0 aromatic rings. The highest BCUT2D eigenvalue weighted by Crippen LogP contribution is 2.29. The molecule has 2 amide bonds. The van der Waals surface area contributed by atoms with Crippen molar-refractivity contribution >= 4 is 17.8 Å². The number of piperidine rings is 1. The number of amides is 2. The van der Waals surface area contributed by atoms with Crippen LogP contribution in [0.3, 0.4) is 0 Å². The average Bonchev–Trinajstić information content (AvgIpc) is 2.54. The molecular formula is C17H28N2O4. The molecule has 1 aliphatic carbocycles. The second-order valence-corrected chi connectivity index (χ2v) is 7.22. The summed E-state index contributed by atoms with van der Waals surface area (Å²) in [7, 11) is 0. The van der Waals surface area contributed by atoms with Gasteiger partial charge in [0.15, 0.2) is 0 Å². The summed E-state index contributed by atoms with van der Waals surface area (Å²) in [6.07, 6.45) is 5.17. The van der Waals surface area contributed by atoms with E-state index in [9.17, 15) is 19.5 Å². The van der Waals surface area contributed by atoms with Gasteiger partial charge >= 0.3 is 5.97 Å². The SMILES string of the molecule is CC(C)C(=O)N1CCC[C@@H](C(=O)NC2(C(=O)O)CCCCC2)C1. The zero-order valence-corrected chi connectivity index (χ0v) is 14.1. The number of carbonyl (C=O) groups is 3. The standard InChI is InChI=1S/C17H28N2O4/c1-12(2)15(21)19-10-6-7-13(11-19)14(20)18-17(16(22)23)8-4-3-5-9-17/h12-13H,3-11H2,1-2H3,(H,18,20)(H,22,23)/t13-/m1/s1. The predicted molar refractivity (Wildman–Crippen MR) is 85.7 cm³/mol. The minimum Gasteiger partial charge on any atom is -0.480 e. The van der Waals surface area contributed by atoms with Crippen molar-refractivity contribution < 1.29 is 19.5 Å². The fourth-order valence-electron chi connectivity index (χ4n) is 3.64. The molecule has 23 heavy (non-hydrogen) atoms. The molecule has 2 aliphatic rings. The van der Waals surface area contributed by atoms with Crippen LogP contribution in [0.15, 0.2) is 0 Å². The molecule has 6 heteroatoms. The number of carboxylic acids is 1. The van der Waals surface area contributed by atoms with Crippen LogP contribution in [0.5, 0.6) is 0 Å². The Labute approximate surface area is 137 Å². The Morgan fingerprint density at radius 3 is 2.35 bits per heavy atom. The molecular weight excluding hydrogens is 296 g/mol. The van der Waals surface area contributed by atoms with E-state index in [0.29, 0.717) is 32.4 Å². The third-order valence-electron chi connectivity index (χ3n) is 5.08. The maximum Gasteiger partial charge on any atom is 0.329 e. The van der Waals surface area contributed by atoms with Crippen LogP contribution >= 0.6 is 0 Å². The predicted octanol–water partition coefficient (Wildman–Crippen LogP) is 1.78. The summed E-state index contributed by atoms with van der Waals surface area (Å²) >= 11 is 0. The van der Waals surface area contributed by atoms with Crippen molar-refractivity contribution in [3.63, 3.8) is 0 Å². The third kappa shape index (κ3) is 4.03. The summed E-state index contributed by atoms with van der Waals surface area (Å²) in [5.74, 6) is -1.47. The lowest BCUT2D eigenvalue weighted by molar-refractivity contribution is -0.151. The Hall–Kier alpha value is -1.59. The number of hydrogen-bond acceptors (Lipinski definition) is 3. The second kappa shape index (κ2) is 7.32. The lowest BCUT2D eigenvalue weighted by Gasteiger charge is -2.38. The van der Waals surface area contributed by atoms with E-state index >= 15 is 0 Å². The van der Waals surface area contributed by atoms with Crippen LogP contribution in [0, 0.1) is 11.8 Å². The largest absolute Gasteiger partial charge is 0.480 e. The van der Waals surface area contributed by atoms with Crippen LogP contribution in [0.2, 0.25) is 0 Å². The van der Waals surface area contributed by atoms with Gasteiger partial charge in [0.2, 0.25) is 11.8 Å². The molecule has 1 saturated carbocycles. The lowest BCUT2D eigenvalue weighted by Crippen LogP contribution is -2.58. The van der Waals surface area contributed by atoms with Crippen molar-refractivity contribution in [3.05, 3.63) is 0 Å². The maximum atomic E-state index is 12.6. The fraction of sp³-hybridized carbons (Fsp3) is 0.824. The van der Waals surface area contributed by atoms with E-state index in [0.717, 1.165) is 25.7 Å². The summed E-state index contributed by atoms with van der Waals surface area (Å²) in [5, 5.41) is 12.4. The van der Waals surface area contributed by atoms with Crippen LogP contribution in [-0.2, 0) is 14.4 Å². The van der Waals surface area contributed by atoms with E-state index < -0.39 is 11.5 Å². The third-order valence-corrected chi connectivity index (χ3v) is 5.08. The topological polar surface area (TPSA) is 86.7 Å². The number of likely N-dealkylation sites (tertiary alicyclic amines) is 1. The number of carboxylic acid groups (broad SMARTS) is 1. The van der Waals surface area contributed by atoms with E-state index in [4.69, 9.17) is 0 Å². The summed E-state index contributed by atoms with van der Waals surface area (Å²) < 4.78 is 0. The van der Waals surface area contributed by atoms with Gasteiger partial charge < -0.3 is 15.3 Å². The first-order valence-electron chi connectivity index (χ1n) is 8.70. The van der Waals surface area contributed by atoms with Gasteiger partial charge in [0.05, 0.1) is 5.92 Å². The van der Waals surface area contributed by atoms with Crippen LogP contribution in [-0.4, -0.2) is 46.4 Å². The quantitative estimate of drug-likeness (QED) is 0.825. The smallest absolute Gasteiger partial charge is 0.329 e. The number of hydrogen-bond donors (Lipinski definition) is 2. The van der Waals surface area contributed by atoms with Gasteiger partial charge in [-0.3, -0.25) is 9.59 Å². The van der Waals surface area contributed by atoms with Crippen molar-refractivity contribution in [1.29, 1.82) is 0 Å². The fourth-order valence-corrected chi connectivity index (χ4v) is 3.64. The monoisotopic (exact) mass is 324 g/mol. The Morgan fingerprint density at radius 1 is 1.13 bits per heavy atom. The van der Waals surface area contributed by atoms with Gasteiger partial charge in [-0.1, -0.05) is 33.1 Å². The van der Waals surface area contributed by atoms with Crippen molar-refractivity contribution in [3.8, 4) is 0 Å². The number of carbonyl (C=O) groups excluding carboxylic acids is 2. The van der Waals surface area contributed by atoms with E-state index in [1.54, 1.807) is 4.90 Å². The summed E-state index contributed by atoms with van der Waals surface area (Å²) in [6.45, 7) is 4.80. The molecule has 0 spiro atoms. The molecule has 0 aromatic heterocycles. The van der Waals surface area contributed by atoms with Gasteiger partial charge in [0.25, 0.3) is 0 Å². The van der Waals surface area contributed by atoms with Gasteiger partial charge in [0, 0.05) is 19.0 Å². The molecule has 0 aromatic carbocycles. The molecule has 1 heterocycles. The number of rotatable bonds is 4. The molecule has 0 radical (unpaired) electrons. The minimum absolute atomic E-state index is 0.0631. The van der Waals surface area contributed by atoms with Gasteiger partial charge in [-0.05, 0) is 25.7 Å². The summed E-state index contributed by atoms with van der Waals surface area (Å²) in [4.78, 5) is 38.1. The first-order chi connectivity index (χ1) is 10.9. The molecule has 6 nitrogen and oxygen atoms in total. The highest BCUT2D eigenvalue weighted by Gasteiger charge is 2.42. The van der Waals surface area contributed by atoms with Crippen molar-refractivity contribution in [1.82, 2.24) is 10.2 Å². The molecule has 0 unspecified atom stereocenters. The summed E-state index contributed by atoms with van der Waals surface area (Å²) in [5.41, 5.74) is -1.11. The highest BCUT2D eigenvalue weighted by atomic mass is 16.4. The molecule has 1 atom stereocenters. The normalized spacial score (nSPS) is 24.3. The van der Waals surface area contributed by atoms with Crippen LogP contribution < -0.4 is 5.32 Å². The summed E-state index contributed by atoms with van der Waals surface area (Å²) in [6, 6.07) is 0. The zero-order valence-electron chi connectivity index (χ0n) is 14.1. The molecule has 130 valence electrons. The van der Waals surface area contributed by atoms with Crippen LogP contribution in [0.25, 0.3) is 0 Å². The minimum atomic E-state index is -1.11. The van der Waals surface area contributed by atoms with Crippen LogP contribution in [0.1, 0.15) is 58.8 Å². The number of nitrogens with zero attached hydrogens (tertiary/aromatic N) is 1. The number of aliphatic carboxylic acids is 1. The van der Waals surface area contributed by atoms with Gasteiger partial charge in [-0.25, -0.2) is 4.79 Å². The lowest BCUT2D eigenvalue weighted by atomic mass is 9.81. The Morgan fingerprint density at radius 2 is 1.78 bits per heavy atom. The molecule has 0 bridgehead atoms. The molecule has 2 rings (SSSR count). The van der Waals surface area contributed by atoms with Gasteiger partial charge in [-0.2, -0.15) is 0 Å². The first kappa shape index (κ1) is 17.8. The first-order valence-corrected chi connectivity index (χ1v) is 8.70.